The highest BCUT2D eigenvalue weighted by Gasteiger charge is 2.26. The third kappa shape index (κ3) is 2.66. The van der Waals surface area contributed by atoms with Crippen LogP contribution in [0.4, 0.5) is 5.82 Å². The summed E-state index contributed by atoms with van der Waals surface area (Å²) >= 11 is 3.97. The number of anilines is 1. The summed E-state index contributed by atoms with van der Waals surface area (Å²) in [5.41, 5.74) is 4.30. The molecule has 0 spiro atoms. The number of thioether (sulfide) groups is 1. The fraction of sp³-hybridized carbons (Fsp3) is 0.278. The van der Waals surface area contributed by atoms with Gasteiger partial charge in [-0.25, -0.2) is 15.0 Å². The number of para-hydroxylation sites is 1. The summed E-state index contributed by atoms with van der Waals surface area (Å²) in [6.07, 6.45) is 3.01. The number of aromatic nitrogens is 5. The van der Waals surface area contributed by atoms with Crippen molar-refractivity contribution in [3.63, 3.8) is 0 Å². The molecule has 0 saturated heterocycles. The molecule has 0 bridgehead atoms. The lowest BCUT2D eigenvalue weighted by atomic mass is 10.1. The summed E-state index contributed by atoms with van der Waals surface area (Å²) in [7, 11) is 0. The Kier molecular flexibility index (Phi) is 4.04. The summed E-state index contributed by atoms with van der Waals surface area (Å²) in [6.45, 7) is 3.01. The topological polar surface area (TPSA) is 71.4 Å². The zero-order valence-electron chi connectivity index (χ0n) is 14.2. The van der Waals surface area contributed by atoms with Crippen LogP contribution in [0.3, 0.4) is 0 Å². The van der Waals surface area contributed by atoms with Crippen LogP contribution in [-0.2, 0) is 6.42 Å². The monoisotopic (exact) mass is 476 g/mol. The summed E-state index contributed by atoms with van der Waals surface area (Å²) in [5.74, 6) is 1.89. The SMILES string of the molecule is C[C@@H]1CSc2nc3c(NCCc4c[nH]c5ccccc45)nc(I)nc3n21. The van der Waals surface area contributed by atoms with Crippen LogP contribution < -0.4 is 5.32 Å². The molecule has 5 rings (SSSR count). The summed E-state index contributed by atoms with van der Waals surface area (Å²) in [5, 5.41) is 5.81. The number of halogens is 1. The highest BCUT2D eigenvalue weighted by molar-refractivity contribution is 14.1. The second-order valence-corrected chi connectivity index (χ2v) is 8.43. The first-order valence-electron chi connectivity index (χ1n) is 8.58. The van der Waals surface area contributed by atoms with Crippen molar-refractivity contribution < 1.29 is 0 Å². The molecule has 4 aromatic rings. The number of nitrogens with zero attached hydrogens (tertiary/aromatic N) is 4. The fourth-order valence-corrected chi connectivity index (χ4v) is 5.04. The molecule has 0 unspecified atom stereocenters. The number of rotatable bonds is 4. The lowest BCUT2D eigenvalue weighted by Gasteiger charge is -2.09. The largest absolute Gasteiger partial charge is 0.368 e. The first-order chi connectivity index (χ1) is 12.7. The molecule has 1 aromatic carbocycles. The predicted molar refractivity (Wildman–Crippen MR) is 114 cm³/mol. The smallest absolute Gasteiger partial charge is 0.194 e. The Morgan fingerprint density at radius 2 is 2.19 bits per heavy atom. The Morgan fingerprint density at radius 1 is 1.31 bits per heavy atom. The van der Waals surface area contributed by atoms with Crippen LogP contribution in [0.15, 0.2) is 35.6 Å². The maximum absolute atomic E-state index is 4.78. The van der Waals surface area contributed by atoms with Crippen molar-refractivity contribution in [3.8, 4) is 0 Å². The van der Waals surface area contributed by atoms with E-state index in [2.05, 4.69) is 84.8 Å². The molecule has 0 saturated carbocycles. The van der Waals surface area contributed by atoms with Crippen LogP contribution in [-0.4, -0.2) is 36.8 Å². The quantitative estimate of drug-likeness (QED) is 0.341. The van der Waals surface area contributed by atoms with E-state index in [0.29, 0.717) is 6.04 Å². The van der Waals surface area contributed by atoms with E-state index in [1.54, 1.807) is 11.8 Å². The van der Waals surface area contributed by atoms with Crippen molar-refractivity contribution in [2.45, 2.75) is 24.5 Å². The maximum atomic E-state index is 4.78. The molecule has 4 heterocycles. The third-order valence-corrected chi connectivity index (χ3v) is 6.41. The lowest BCUT2D eigenvalue weighted by molar-refractivity contribution is 0.596. The Labute approximate surface area is 168 Å². The summed E-state index contributed by atoms with van der Waals surface area (Å²) < 4.78 is 2.98. The number of nitrogens with one attached hydrogen (secondary N) is 2. The normalized spacial score (nSPS) is 16.5. The van der Waals surface area contributed by atoms with E-state index in [-0.39, 0.29) is 0 Å². The van der Waals surface area contributed by atoms with Gasteiger partial charge in [0, 0.05) is 58.0 Å². The van der Waals surface area contributed by atoms with Crippen molar-refractivity contribution >= 4 is 62.2 Å². The Balaban J connectivity index is 1.42. The molecule has 132 valence electrons. The molecule has 0 aliphatic carbocycles. The van der Waals surface area contributed by atoms with Crippen molar-refractivity contribution in [3.05, 3.63) is 39.9 Å². The van der Waals surface area contributed by atoms with Crippen LogP contribution in [0.25, 0.3) is 22.1 Å². The predicted octanol–water partition coefficient (Wildman–Crippen LogP) is 4.23. The van der Waals surface area contributed by atoms with E-state index in [9.17, 15) is 0 Å². The Bertz CT molecular complexity index is 1120. The molecule has 1 atom stereocenters. The molecular formula is C18H17IN6S. The first-order valence-corrected chi connectivity index (χ1v) is 10.6. The van der Waals surface area contributed by atoms with Crippen LogP contribution in [0.1, 0.15) is 18.5 Å². The molecule has 3 aromatic heterocycles. The summed E-state index contributed by atoms with van der Waals surface area (Å²) in [6, 6.07) is 8.82. The van der Waals surface area contributed by atoms with Gasteiger partial charge in [-0.15, -0.1) is 0 Å². The molecular weight excluding hydrogens is 459 g/mol. The number of imidazole rings is 1. The van der Waals surface area contributed by atoms with Crippen LogP contribution in [0, 0.1) is 3.83 Å². The van der Waals surface area contributed by atoms with E-state index < -0.39 is 0 Å². The van der Waals surface area contributed by atoms with Gasteiger partial charge < -0.3 is 10.3 Å². The molecule has 0 fully saturated rings. The van der Waals surface area contributed by atoms with Gasteiger partial charge in [0.2, 0.25) is 0 Å². The Hall–Kier alpha value is -1.81. The number of hydrogen-bond donors (Lipinski definition) is 2. The van der Waals surface area contributed by atoms with Gasteiger partial charge in [-0.1, -0.05) is 30.0 Å². The number of fused-ring (bicyclic) bond motifs is 4. The first kappa shape index (κ1) is 16.4. The third-order valence-electron chi connectivity index (χ3n) is 4.74. The van der Waals surface area contributed by atoms with Gasteiger partial charge in [0.15, 0.2) is 26.0 Å². The van der Waals surface area contributed by atoms with Crippen LogP contribution in [0.2, 0.25) is 0 Å². The van der Waals surface area contributed by atoms with E-state index in [0.717, 1.165) is 44.7 Å². The lowest BCUT2D eigenvalue weighted by Crippen LogP contribution is -2.09. The molecule has 1 aliphatic heterocycles. The maximum Gasteiger partial charge on any atom is 0.194 e. The fourth-order valence-electron chi connectivity index (χ4n) is 3.47. The van der Waals surface area contributed by atoms with E-state index in [1.165, 1.54) is 16.5 Å². The minimum absolute atomic E-state index is 0.421. The van der Waals surface area contributed by atoms with Gasteiger partial charge in [-0.2, -0.15) is 0 Å². The average Bonchev–Trinajstić information content (AvgIpc) is 3.31. The molecule has 26 heavy (non-hydrogen) atoms. The van der Waals surface area contributed by atoms with Crippen LogP contribution >= 0.6 is 34.4 Å². The summed E-state index contributed by atoms with van der Waals surface area (Å²) in [4.78, 5) is 17.3. The number of H-pyrrole nitrogens is 1. The molecule has 0 amide bonds. The highest BCUT2D eigenvalue weighted by atomic mass is 127. The molecule has 6 nitrogen and oxygen atoms in total. The minimum atomic E-state index is 0.421. The molecule has 0 radical (unpaired) electrons. The number of aromatic amines is 1. The van der Waals surface area contributed by atoms with Gasteiger partial charge in [-0.05, 0) is 25.0 Å². The van der Waals surface area contributed by atoms with Crippen molar-refractivity contribution in [1.82, 2.24) is 24.5 Å². The van der Waals surface area contributed by atoms with Gasteiger partial charge in [0.25, 0.3) is 0 Å². The van der Waals surface area contributed by atoms with E-state index in [1.807, 2.05) is 0 Å². The average molecular weight is 476 g/mol. The van der Waals surface area contributed by atoms with Crippen molar-refractivity contribution in [1.29, 1.82) is 0 Å². The minimum Gasteiger partial charge on any atom is -0.368 e. The highest BCUT2D eigenvalue weighted by Crippen LogP contribution is 2.37. The van der Waals surface area contributed by atoms with Gasteiger partial charge in [0.1, 0.15) is 0 Å². The van der Waals surface area contributed by atoms with Crippen molar-refractivity contribution in [2.75, 3.05) is 17.6 Å². The zero-order chi connectivity index (χ0) is 17.7. The Morgan fingerprint density at radius 3 is 3.12 bits per heavy atom. The van der Waals surface area contributed by atoms with Gasteiger partial charge in [-0.3, -0.25) is 4.57 Å². The second-order valence-electron chi connectivity index (χ2n) is 6.47. The van der Waals surface area contributed by atoms with Gasteiger partial charge in [0.05, 0.1) is 0 Å². The molecule has 1 aliphatic rings. The molecule has 2 N–H and O–H groups in total. The number of hydrogen-bond acceptors (Lipinski definition) is 5. The standard InChI is InChI=1S/C18H17IN6S/c1-10-9-26-18-22-14-15(23-17(19)24-16(14)25(10)18)20-7-6-11-8-21-13-5-3-2-4-12(11)13/h2-5,8,10,21H,6-7,9H2,1H3,(H,20,23,24)/t10-/m1/s1. The van der Waals surface area contributed by atoms with E-state index >= 15 is 0 Å². The van der Waals surface area contributed by atoms with E-state index in [4.69, 9.17) is 4.98 Å². The van der Waals surface area contributed by atoms with Gasteiger partial charge >= 0.3 is 0 Å². The zero-order valence-corrected chi connectivity index (χ0v) is 17.1. The second kappa shape index (κ2) is 6.41. The molecule has 8 heteroatoms. The van der Waals surface area contributed by atoms with Crippen molar-refractivity contribution in [2.24, 2.45) is 0 Å². The van der Waals surface area contributed by atoms with Crippen LogP contribution in [0.5, 0.6) is 0 Å². The number of benzene rings is 1.